The molecule has 1 N–H and O–H groups in total. The van der Waals surface area contributed by atoms with Crippen LogP contribution in [0, 0.1) is 5.92 Å². The van der Waals surface area contributed by atoms with E-state index in [1.54, 1.807) is 0 Å². The molecule has 2 bridgehead atoms. The van der Waals surface area contributed by atoms with Gasteiger partial charge in [0.2, 0.25) is 0 Å². The van der Waals surface area contributed by atoms with Gasteiger partial charge in [-0.15, -0.1) is 0 Å². The SMILES string of the molecule is CCc1oc(C(=O)N2CC3CCC2C3)cc1C(=O)O. The van der Waals surface area contributed by atoms with Crippen molar-refractivity contribution in [3.05, 3.63) is 23.2 Å². The lowest BCUT2D eigenvalue weighted by Crippen LogP contribution is -2.37. The van der Waals surface area contributed by atoms with E-state index in [4.69, 9.17) is 9.52 Å². The van der Waals surface area contributed by atoms with Crippen LogP contribution in [0.2, 0.25) is 0 Å². The summed E-state index contributed by atoms with van der Waals surface area (Å²) in [7, 11) is 0. The molecule has 1 saturated heterocycles. The van der Waals surface area contributed by atoms with Gasteiger partial charge in [-0.1, -0.05) is 6.92 Å². The van der Waals surface area contributed by atoms with E-state index in [-0.39, 0.29) is 17.2 Å². The van der Waals surface area contributed by atoms with Crippen LogP contribution < -0.4 is 0 Å². The van der Waals surface area contributed by atoms with Crippen molar-refractivity contribution in [3.63, 3.8) is 0 Å². The van der Waals surface area contributed by atoms with Crippen LogP contribution in [0.3, 0.4) is 0 Å². The number of piperidine rings is 1. The van der Waals surface area contributed by atoms with Gasteiger partial charge in [0, 0.05) is 25.1 Å². The lowest BCUT2D eigenvalue weighted by atomic mass is 10.1. The number of nitrogens with zero attached hydrogens (tertiary/aromatic N) is 1. The summed E-state index contributed by atoms with van der Waals surface area (Å²) in [6, 6.07) is 1.69. The zero-order chi connectivity index (χ0) is 13.6. The fourth-order valence-electron chi connectivity index (χ4n) is 3.29. The Bertz CT molecular complexity index is 534. The number of carbonyl (C=O) groups excluding carboxylic acids is 1. The minimum atomic E-state index is -1.04. The Morgan fingerprint density at radius 1 is 1.47 bits per heavy atom. The van der Waals surface area contributed by atoms with Crippen LogP contribution >= 0.6 is 0 Å². The van der Waals surface area contributed by atoms with Crippen LogP contribution in [0.25, 0.3) is 0 Å². The van der Waals surface area contributed by atoms with Gasteiger partial charge in [0.15, 0.2) is 5.76 Å². The van der Waals surface area contributed by atoms with Gasteiger partial charge in [0.05, 0.1) is 0 Å². The van der Waals surface area contributed by atoms with E-state index >= 15 is 0 Å². The lowest BCUT2D eigenvalue weighted by Gasteiger charge is -2.25. The van der Waals surface area contributed by atoms with Gasteiger partial charge < -0.3 is 14.4 Å². The normalized spacial score (nSPS) is 25.0. The number of carboxylic acids is 1. The second-order valence-corrected chi connectivity index (χ2v) is 5.40. The van der Waals surface area contributed by atoms with Crippen molar-refractivity contribution in [2.45, 2.75) is 38.6 Å². The van der Waals surface area contributed by atoms with Crippen LogP contribution in [0.5, 0.6) is 0 Å². The van der Waals surface area contributed by atoms with E-state index in [9.17, 15) is 9.59 Å². The van der Waals surface area contributed by atoms with E-state index in [1.807, 2.05) is 11.8 Å². The molecule has 2 fully saturated rings. The molecule has 0 spiro atoms. The summed E-state index contributed by atoms with van der Waals surface area (Å²) in [4.78, 5) is 25.3. The highest BCUT2D eigenvalue weighted by Gasteiger charge is 2.41. The van der Waals surface area contributed by atoms with E-state index in [1.165, 1.54) is 12.5 Å². The predicted octanol–water partition coefficient (Wildman–Crippen LogP) is 2.16. The number of rotatable bonds is 3. The summed E-state index contributed by atoms with van der Waals surface area (Å²) in [5.41, 5.74) is 0.107. The summed E-state index contributed by atoms with van der Waals surface area (Å²) >= 11 is 0. The van der Waals surface area contributed by atoms with Crippen molar-refractivity contribution < 1.29 is 19.1 Å². The van der Waals surface area contributed by atoms with Gasteiger partial charge in [0.1, 0.15) is 11.3 Å². The molecular weight excluding hydrogens is 246 g/mol. The van der Waals surface area contributed by atoms with Crippen molar-refractivity contribution in [3.8, 4) is 0 Å². The molecule has 0 aromatic carbocycles. The molecule has 1 saturated carbocycles. The highest BCUT2D eigenvalue weighted by molar-refractivity contribution is 5.96. The molecule has 5 heteroatoms. The minimum Gasteiger partial charge on any atom is -0.478 e. The average Bonchev–Trinajstić information content (AvgIpc) is 3.11. The zero-order valence-electron chi connectivity index (χ0n) is 10.9. The van der Waals surface area contributed by atoms with Gasteiger partial charge in [-0.3, -0.25) is 4.79 Å². The Balaban J connectivity index is 1.86. The van der Waals surface area contributed by atoms with Gasteiger partial charge in [-0.2, -0.15) is 0 Å². The van der Waals surface area contributed by atoms with Crippen LogP contribution in [0.4, 0.5) is 0 Å². The number of hydrogen-bond donors (Lipinski definition) is 1. The molecule has 3 rings (SSSR count). The van der Waals surface area contributed by atoms with E-state index in [2.05, 4.69) is 0 Å². The lowest BCUT2D eigenvalue weighted by molar-refractivity contribution is 0.0665. The minimum absolute atomic E-state index is 0.107. The fourth-order valence-corrected chi connectivity index (χ4v) is 3.29. The summed E-state index contributed by atoms with van der Waals surface area (Å²) in [6.45, 7) is 2.60. The molecule has 2 unspecified atom stereocenters. The average molecular weight is 263 g/mol. The smallest absolute Gasteiger partial charge is 0.339 e. The molecule has 1 aromatic rings. The maximum absolute atomic E-state index is 12.4. The maximum atomic E-state index is 12.4. The molecule has 1 amide bonds. The third kappa shape index (κ3) is 1.93. The van der Waals surface area contributed by atoms with Crippen molar-refractivity contribution in [1.29, 1.82) is 0 Å². The van der Waals surface area contributed by atoms with Gasteiger partial charge in [0.25, 0.3) is 5.91 Å². The molecule has 5 nitrogen and oxygen atoms in total. The van der Waals surface area contributed by atoms with Gasteiger partial charge in [-0.25, -0.2) is 4.79 Å². The summed E-state index contributed by atoms with van der Waals surface area (Å²) in [6.07, 6.45) is 3.82. The molecule has 1 aliphatic heterocycles. The Labute approximate surface area is 111 Å². The van der Waals surface area contributed by atoms with Gasteiger partial charge in [-0.05, 0) is 25.2 Å². The van der Waals surface area contributed by atoms with Gasteiger partial charge >= 0.3 is 5.97 Å². The Kier molecular flexibility index (Phi) is 2.84. The second-order valence-electron chi connectivity index (χ2n) is 5.40. The topological polar surface area (TPSA) is 70.8 Å². The first kappa shape index (κ1) is 12.3. The molecule has 1 aliphatic carbocycles. The molecule has 102 valence electrons. The van der Waals surface area contributed by atoms with Crippen molar-refractivity contribution in [1.82, 2.24) is 4.90 Å². The monoisotopic (exact) mass is 263 g/mol. The highest BCUT2D eigenvalue weighted by atomic mass is 16.4. The number of furan rings is 1. The van der Waals surface area contributed by atoms with Crippen molar-refractivity contribution >= 4 is 11.9 Å². The molecule has 0 radical (unpaired) electrons. The number of fused-ring (bicyclic) bond motifs is 2. The predicted molar refractivity (Wildman–Crippen MR) is 67.2 cm³/mol. The second kappa shape index (κ2) is 4.40. The third-order valence-electron chi connectivity index (χ3n) is 4.24. The number of amides is 1. The van der Waals surface area contributed by atoms with Crippen LogP contribution in [-0.2, 0) is 6.42 Å². The number of aryl methyl sites for hydroxylation is 1. The number of likely N-dealkylation sites (tertiary alicyclic amines) is 1. The quantitative estimate of drug-likeness (QED) is 0.907. The first-order chi connectivity index (χ1) is 9.10. The van der Waals surface area contributed by atoms with Crippen molar-refractivity contribution in [2.24, 2.45) is 5.92 Å². The molecule has 2 atom stereocenters. The van der Waals surface area contributed by atoms with Crippen LogP contribution in [0.15, 0.2) is 10.5 Å². The summed E-state index contributed by atoms with van der Waals surface area (Å²) < 4.78 is 5.44. The van der Waals surface area contributed by atoms with E-state index in [0.29, 0.717) is 24.1 Å². The largest absolute Gasteiger partial charge is 0.478 e. The van der Waals surface area contributed by atoms with E-state index < -0.39 is 5.97 Å². The Hall–Kier alpha value is -1.78. The van der Waals surface area contributed by atoms with Crippen molar-refractivity contribution in [2.75, 3.05) is 6.54 Å². The number of hydrogen-bond acceptors (Lipinski definition) is 3. The first-order valence-electron chi connectivity index (χ1n) is 6.77. The molecule has 1 aromatic heterocycles. The molecular formula is C14H17NO4. The van der Waals surface area contributed by atoms with Crippen LogP contribution in [0.1, 0.15) is 52.9 Å². The number of carboxylic acid groups (broad SMARTS) is 1. The standard InChI is InChI=1S/C14H17NO4/c1-2-11-10(14(17)18)6-12(19-11)13(16)15-7-8-3-4-9(15)5-8/h6,8-9H,2-5,7H2,1H3,(H,17,18). The molecule has 2 aliphatic rings. The first-order valence-corrected chi connectivity index (χ1v) is 6.77. The highest BCUT2D eigenvalue weighted by Crippen LogP contribution is 2.38. The molecule has 19 heavy (non-hydrogen) atoms. The number of aromatic carboxylic acids is 1. The summed E-state index contributed by atoms with van der Waals surface area (Å²) in [5.74, 6) is -0.0347. The number of carbonyl (C=O) groups is 2. The third-order valence-corrected chi connectivity index (χ3v) is 4.24. The maximum Gasteiger partial charge on any atom is 0.339 e. The molecule has 2 heterocycles. The van der Waals surface area contributed by atoms with Crippen LogP contribution in [-0.4, -0.2) is 34.5 Å². The summed E-state index contributed by atoms with van der Waals surface area (Å²) in [5, 5.41) is 9.08. The Morgan fingerprint density at radius 2 is 2.26 bits per heavy atom. The fraction of sp³-hybridized carbons (Fsp3) is 0.571. The van der Waals surface area contributed by atoms with E-state index in [0.717, 1.165) is 19.4 Å². The zero-order valence-corrected chi connectivity index (χ0v) is 10.9. The Morgan fingerprint density at radius 3 is 2.74 bits per heavy atom.